The first-order valence-corrected chi connectivity index (χ1v) is 6.78. The number of anilines is 1. The van der Waals surface area contributed by atoms with Crippen molar-refractivity contribution in [2.45, 2.75) is 12.8 Å². The van der Waals surface area contributed by atoms with Gasteiger partial charge in [-0.05, 0) is 46.5 Å². The maximum atomic E-state index is 13.5. The summed E-state index contributed by atoms with van der Waals surface area (Å²) in [5, 5.41) is 3.13. The molecule has 0 amide bonds. The molecule has 2 aromatic carbocycles. The third-order valence-electron chi connectivity index (χ3n) is 2.75. The lowest BCUT2D eigenvalue weighted by molar-refractivity contribution is 0.628. The zero-order valence-corrected chi connectivity index (χ0v) is 11.6. The fourth-order valence-corrected chi connectivity index (χ4v) is 2.30. The standard InChI is InChI=1S/C15H15BrFN/c16-13-9-4-10-14(17)15(13)18-11-5-8-12-6-2-1-3-7-12/h1-4,6-7,9-10,18H,5,8,11H2. The van der Waals surface area contributed by atoms with E-state index in [-0.39, 0.29) is 5.82 Å². The molecule has 3 heteroatoms. The van der Waals surface area contributed by atoms with Gasteiger partial charge in [0.05, 0.1) is 5.69 Å². The Kier molecular flexibility index (Phi) is 4.76. The summed E-state index contributed by atoms with van der Waals surface area (Å²) in [5.41, 5.74) is 1.86. The van der Waals surface area contributed by atoms with Gasteiger partial charge >= 0.3 is 0 Å². The van der Waals surface area contributed by atoms with E-state index in [2.05, 4.69) is 33.4 Å². The fourth-order valence-electron chi connectivity index (χ4n) is 1.82. The van der Waals surface area contributed by atoms with Crippen LogP contribution < -0.4 is 5.32 Å². The van der Waals surface area contributed by atoms with Crippen LogP contribution in [0.4, 0.5) is 10.1 Å². The SMILES string of the molecule is Fc1cccc(Br)c1NCCCc1ccccc1. The van der Waals surface area contributed by atoms with Crippen molar-refractivity contribution < 1.29 is 4.39 Å². The Balaban J connectivity index is 1.82. The highest BCUT2D eigenvalue weighted by Crippen LogP contribution is 2.24. The van der Waals surface area contributed by atoms with E-state index in [9.17, 15) is 4.39 Å². The van der Waals surface area contributed by atoms with Gasteiger partial charge in [0.25, 0.3) is 0 Å². The Hall–Kier alpha value is -1.35. The molecule has 18 heavy (non-hydrogen) atoms. The van der Waals surface area contributed by atoms with E-state index >= 15 is 0 Å². The summed E-state index contributed by atoms with van der Waals surface area (Å²) >= 11 is 3.34. The van der Waals surface area contributed by atoms with E-state index in [4.69, 9.17) is 0 Å². The minimum Gasteiger partial charge on any atom is -0.382 e. The highest BCUT2D eigenvalue weighted by atomic mass is 79.9. The van der Waals surface area contributed by atoms with Crippen LogP contribution in [0.1, 0.15) is 12.0 Å². The van der Waals surface area contributed by atoms with E-state index in [0.29, 0.717) is 5.69 Å². The molecule has 2 aromatic rings. The van der Waals surface area contributed by atoms with Crippen molar-refractivity contribution >= 4 is 21.6 Å². The van der Waals surface area contributed by atoms with Crippen LogP contribution in [0.15, 0.2) is 53.0 Å². The van der Waals surface area contributed by atoms with Crippen molar-refractivity contribution in [2.75, 3.05) is 11.9 Å². The monoisotopic (exact) mass is 307 g/mol. The summed E-state index contributed by atoms with van der Waals surface area (Å²) in [7, 11) is 0. The van der Waals surface area contributed by atoms with Crippen LogP contribution >= 0.6 is 15.9 Å². The average Bonchev–Trinajstić information content (AvgIpc) is 2.38. The third-order valence-corrected chi connectivity index (χ3v) is 3.41. The molecule has 0 saturated carbocycles. The van der Waals surface area contributed by atoms with Crippen LogP contribution in [0.25, 0.3) is 0 Å². The van der Waals surface area contributed by atoms with Gasteiger partial charge in [0.2, 0.25) is 0 Å². The summed E-state index contributed by atoms with van der Waals surface area (Å²) in [6.45, 7) is 0.758. The quantitative estimate of drug-likeness (QED) is 0.794. The van der Waals surface area contributed by atoms with E-state index in [1.165, 1.54) is 11.6 Å². The van der Waals surface area contributed by atoms with Crippen LogP contribution in [-0.4, -0.2) is 6.54 Å². The molecule has 0 aromatic heterocycles. The first-order chi connectivity index (χ1) is 8.77. The maximum Gasteiger partial charge on any atom is 0.147 e. The zero-order chi connectivity index (χ0) is 12.8. The molecular formula is C15H15BrFN. The highest BCUT2D eigenvalue weighted by Gasteiger charge is 2.04. The summed E-state index contributed by atoms with van der Waals surface area (Å²) < 4.78 is 14.3. The van der Waals surface area contributed by atoms with Crippen LogP contribution in [0.3, 0.4) is 0 Å². The summed E-state index contributed by atoms with van der Waals surface area (Å²) in [6.07, 6.45) is 1.98. The second-order valence-corrected chi connectivity index (χ2v) is 4.97. The minimum absolute atomic E-state index is 0.218. The molecule has 0 spiro atoms. The number of aryl methyl sites for hydroxylation is 1. The summed E-state index contributed by atoms with van der Waals surface area (Å²) in [4.78, 5) is 0. The molecule has 0 aliphatic heterocycles. The number of rotatable bonds is 5. The van der Waals surface area contributed by atoms with Crippen molar-refractivity contribution in [1.82, 2.24) is 0 Å². The summed E-state index contributed by atoms with van der Waals surface area (Å²) in [5.74, 6) is -0.218. The Morgan fingerprint density at radius 3 is 2.50 bits per heavy atom. The molecule has 0 heterocycles. The first-order valence-electron chi connectivity index (χ1n) is 5.99. The predicted molar refractivity (Wildman–Crippen MR) is 77.4 cm³/mol. The molecule has 0 aliphatic rings. The maximum absolute atomic E-state index is 13.5. The number of benzene rings is 2. The zero-order valence-electron chi connectivity index (χ0n) is 10.00. The van der Waals surface area contributed by atoms with Crippen molar-refractivity contribution in [3.05, 3.63) is 64.4 Å². The fraction of sp³-hybridized carbons (Fsp3) is 0.200. The van der Waals surface area contributed by atoms with Gasteiger partial charge in [0, 0.05) is 11.0 Å². The predicted octanol–water partition coefficient (Wildman–Crippen LogP) is 4.63. The van der Waals surface area contributed by atoms with Crippen molar-refractivity contribution in [3.63, 3.8) is 0 Å². The van der Waals surface area contributed by atoms with Crippen LogP contribution in [-0.2, 0) is 6.42 Å². The third kappa shape index (κ3) is 3.57. The van der Waals surface area contributed by atoms with Crippen molar-refractivity contribution in [1.29, 1.82) is 0 Å². The molecule has 0 bridgehead atoms. The number of hydrogen-bond donors (Lipinski definition) is 1. The van der Waals surface area contributed by atoms with Crippen LogP contribution in [0.2, 0.25) is 0 Å². The summed E-state index contributed by atoms with van der Waals surface area (Å²) in [6, 6.07) is 15.3. The lowest BCUT2D eigenvalue weighted by Crippen LogP contribution is -2.05. The topological polar surface area (TPSA) is 12.0 Å². The second kappa shape index (κ2) is 6.55. The minimum atomic E-state index is -0.218. The highest BCUT2D eigenvalue weighted by molar-refractivity contribution is 9.10. The van der Waals surface area contributed by atoms with Crippen LogP contribution in [0, 0.1) is 5.82 Å². The molecule has 1 N–H and O–H groups in total. The molecule has 0 aliphatic carbocycles. The molecule has 0 fully saturated rings. The number of halogens is 2. The van der Waals surface area contributed by atoms with E-state index in [1.54, 1.807) is 6.07 Å². The molecular weight excluding hydrogens is 293 g/mol. The lowest BCUT2D eigenvalue weighted by atomic mass is 10.1. The number of hydrogen-bond acceptors (Lipinski definition) is 1. The lowest BCUT2D eigenvalue weighted by Gasteiger charge is -2.09. The van der Waals surface area contributed by atoms with Gasteiger partial charge < -0.3 is 5.32 Å². The Morgan fingerprint density at radius 1 is 1.00 bits per heavy atom. The molecule has 0 unspecified atom stereocenters. The molecule has 0 radical (unpaired) electrons. The van der Waals surface area contributed by atoms with Gasteiger partial charge in [0.1, 0.15) is 5.82 Å². The first kappa shape index (κ1) is 13.1. The van der Waals surface area contributed by atoms with E-state index in [1.807, 2.05) is 24.3 Å². The molecule has 0 saturated heterocycles. The number of para-hydroxylation sites is 1. The Bertz CT molecular complexity index is 479. The second-order valence-electron chi connectivity index (χ2n) is 4.11. The van der Waals surface area contributed by atoms with Gasteiger partial charge in [-0.2, -0.15) is 0 Å². The molecule has 0 atom stereocenters. The smallest absolute Gasteiger partial charge is 0.147 e. The van der Waals surface area contributed by atoms with Gasteiger partial charge in [-0.25, -0.2) is 4.39 Å². The number of nitrogens with one attached hydrogen (secondary N) is 1. The van der Waals surface area contributed by atoms with Gasteiger partial charge in [-0.3, -0.25) is 0 Å². The van der Waals surface area contributed by atoms with Gasteiger partial charge in [-0.15, -0.1) is 0 Å². The molecule has 2 rings (SSSR count). The largest absolute Gasteiger partial charge is 0.382 e. The van der Waals surface area contributed by atoms with Gasteiger partial charge in [0.15, 0.2) is 0 Å². The van der Waals surface area contributed by atoms with Crippen molar-refractivity contribution in [3.8, 4) is 0 Å². The normalized spacial score (nSPS) is 10.3. The van der Waals surface area contributed by atoms with E-state index in [0.717, 1.165) is 23.9 Å². The molecule has 94 valence electrons. The van der Waals surface area contributed by atoms with Crippen molar-refractivity contribution in [2.24, 2.45) is 0 Å². The Labute approximate surface area is 115 Å². The van der Waals surface area contributed by atoms with Crippen LogP contribution in [0.5, 0.6) is 0 Å². The average molecular weight is 308 g/mol. The van der Waals surface area contributed by atoms with E-state index < -0.39 is 0 Å². The Morgan fingerprint density at radius 2 is 1.78 bits per heavy atom. The van der Waals surface area contributed by atoms with Gasteiger partial charge in [-0.1, -0.05) is 36.4 Å². The molecule has 1 nitrogen and oxygen atoms in total.